The number of anilines is 1. The summed E-state index contributed by atoms with van der Waals surface area (Å²) in [4.78, 5) is 13.9. The van der Waals surface area contributed by atoms with Crippen molar-refractivity contribution in [2.45, 2.75) is 38.3 Å². The predicted octanol–water partition coefficient (Wildman–Crippen LogP) is 3.37. The highest BCUT2D eigenvalue weighted by molar-refractivity contribution is 14.0. The Balaban J connectivity index is 0.00000261. The van der Waals surface area contributed by atoms with Crippen LogP contribution in [0.5, 0.6) is 0 Å². The van der Waals surface area contributed by atoms with Gasteiger partial charge in [0.2, 0.25) is 5.95 Å². The minimum Gasteiger partial charge on any atom is -0.354 e. The lowest BCUT2D eigenvalue weighted by Gasteiger charge is -2.26. The number of alkyl halides is 3. The fourth-order valence-electron chi connectivity index (χ4n) is 3.93. The Morgan fingerprint density at radius 1 is 1.26 bits per heavy atom. The normalized spacial score (nSPS) is 19.3. The third kappa shape index (κ3) is 5.58. The molecule has 2 heterocycles. The Morgan fingerprint density at radius 3 is 2.67 bits per heavy atom. The van der Waals surface area contributed by atoms with Crippen LogP contribution in [0.1, 0.15) is 37.8 Å². The van der Waals surface area contributed by atoms with Crippen LogP contribution in [0.2, 0.25) is 0 Å². The van der Waals surface area contributed by atoms with Crippen molar-refractivity contribution in [3.05, 3.63) is 18.0 Å². The molecule has 1 saturated heterocycles. The summed E-state index contributed by atoms with van der Waals surface area (Å²) in [6.07, 6.45) is 3.09. The van der Waals surface area contributed by atoms with Crippen LogP contribution in [0.25, 0.3) is 0 Å². The molecule has 1 aromatic rings. The zero-order valence-corrected chi connectivity index (χ0v) is 17.7. The summed E-state index contributed by atoms with van der Waals surface area (Å²) in [5.41, 5.74) is -0.487. The van der Waals surface area contributed by atoms with Gasteiger partial charge in [0.05, 0.1) is 0 Å². The molecule has 27 heavy (non-hydrogen) atoms. The SMILES string of the molecule is CN=C(NCCNc1nccc(C(F)(F)F)n1)N1CCC2(CCCC2)C1.I. The van der Waals surface area contributed by atoms with Crippen LogP contribution < -0.4 is 10.6 Å². The minimum absolute atomic E-state index is 0. The Bertz CT molecular complexity index is 646. The molecule has 0 bridgehead atoms. The van der Waals surface area contributed by atoms with Gasteiger partial charge < -0.3 is 15.5 Å². The van der Waals surface area contributed by atoms with Crippen molar-refractivity contribution < 1.29 is 13.2 Å². The third-order valence-corrected chi connectivity index (χ3v) is 5.25. The first-order valence-electron chi connectivity index (χ1n) is 9.02. The molecule has 2 fully saturated rings. The quantitative estimate of drug-likeness (QED) is 0.289. The van der Waals surface area contributed by atoms with Crippen molar-refractivity contribution in [1.82, 2.24) is 20.2 Å². The number of hydrogen-bond donors (Lipinski definition) is 2. The maximum atomic E-state index is 12.7. The molecule has 2 N–H and O–H groups in total. The van der Waals surface area contributed by atoms with Crippen molar-refractivity contribution in [1.29, 1.82) is 0 Å². The Morgan fingerprint density at radius 2 is 2.00 bits per heavy atom. The molecule has 6 nitrogen and oxygen atoms in total. The molecule has 0 unspecified atom stereocenters. The molecule has 1 aromatic heterocycles. The van der Waals surface area contributed by atoms with E-state index in [1.165, 1.54) is 32.1 Å². The Hall–Kier alpha value is -1.33. The fraction of sp³-hybridized carbons (Fsp3) is 0.706. The zero-order chi connectivity index (χ0) is 18.6. The second-order valence-electron chi connectivity index (χ2n) is 7.04. The van der Waals surface area contributed by atoms with E-state index in [1.807, 2.05) is 0 Å². The summed E-state index contributed by atoms with van der Waals surface area (Å²) in [5.74, 6) is 0.822. The highest BCUT2D eigenvalue weighted by Crippen LogP contribution is 2.45. The molecule has 1 saturated carbocycles. The van der Waals surface area contributed by atoms with Gasteiger partial charge in [0.25, 0.3) is 0 Å². The van der Waals surface area contributed by atoms with Crippen molar-refractivity contribution >= 4 is 35.9 Å². The lowest BCUT2D eigenvalue weighted by Crippen LogP contribution is -2.42. The van der Waals surface area contributed by atoms with Gasteiger partial charge in [-0.1, -0.05) is 12.8 Å². The molecule has 1 aliphatic heterocycles. The second-order valence-corrected chi connectivity index (χ2v) is 7.04. The van der Waals surface area contributed by atoms with Crippen molar-refractivity contribution in [2.24, 2.45) is 10.4 Å². The van der Waals surface area contributed by atoms with Gasteiger partial charge in [0.1, 0.15) is 5.69 Å². The molecule has 3 rings (SSSR count). The van der Waals surface area contributed by atoms with Crippen LogP contribution in [-0.4, -0.2) is 54.1 Å². The summed E-state index contributed by atoms with van der Waals surface area (Å²) in [7, 11) is 1.76. The maximum Gasteiger partial charge on any atom is 0.433 e. The molecule has 0 radical (unpaired) electrons. The molecule has 10 heteroatoms. The minimum atomic E-state index is -4.47. The van der Waals surface area contributed by atoms with Gasteiger partial charge in [-0.15, -0.1) is 24.0 Å². The van der Waals surface area contributed by atoms with E-state index in [-0.39, 0.29) is 29.9 Å². The molecule has 152 valence electrons. The number of guanidine groups is 1. The average molecular weight is 498 g/mol. The summed E-state index contributed by atoms with van der Waals surface area (Å²) in [5, 5.41) is 6.09. The smallest absolute Gasteiger partial charge is 0.354 e. The number of halogens is 4. The topological polar surface area (TPSA) is 65.4 Å². The fourth-order valence-corrected chi connectivity index (χ4v) is 3.93. The average Bonchev–Trinajstić information content (AvgIpc) is 3.25. The van der Waals surface area contributed by atoms with E-state index >= 15 is 0 Å². The molecular weight excluding hydrogens is 472 g/mol. The van der Waals surface area contributed by atoms with Gasteiger partial charge in [-0.2, -0.15) is 13.2 Å². The van der Waals surface area contributed by atoms with Gasteiger partial charge in [0, 0.05) is 39.4 Å². The number of rotatable bonds is 4. The van der Waals surface area contributed by atoms with Crippen LogP contribution in [-0.2, 0) is 6.18 Å². The Kier molecular flexibility index (Phi) is 7.52. The number of nitrogens with one attached hydrogen (secondary N) is 2. The van der Waals surface area contributed by atoms with E-state index < -0.39 is 11.9 Å². The first kappa shape index (κ1) is 22.0. The van der Waals surface area contributed by atoms with Gasteiger partial charge >= 0.3 is 6.18 Å². The third-order valence-electron chi connectivity index (χ3n) is 5.25. The van der Waals surface area contributed by atoms with Gasteiger partial charge in [-0.05, 0) is 30.7 Å². The second kappa shape index (κ2) is 9.24. The first-order chi connectivity index (χ1) is 12.4. The van der Waals surface area contributed by atoms with Crippen molar-refractivity contribution in [2.75, 3.05) is 38.5 Å². The van der Waals surface area contributed by atoms with E-state index in [0.717, 1.165) is 31.3 Å². The largest absolute Gasteiger partial charge is 0.433 e. The number of aromatic nitrogens is 2. The number of hydrogen-bond acceptors (Lipinski definition) is 4. The molecule has 2 aliphatic rings. The predicted molar refractivity (Wildman–Crippen MR) is 109 cm³/mol. The maximum absolute atomic E-state index is 12.7. The van der Waals surface area contributed by atoms with Crippen molar-refractivity contribution in [3.63, 3.8) is 0 Å². The van der Waals surface area contributed by atoms with Crippen LogP contribution in [0.3, 0.4) is 0 Å². The van der Waals surface area contributed by atoms with Crippen LogP contribution >= 0.6 is 24.0 Å². The van der Waals surface area contributed by atoms with E-state index in [9.17, 15) is 13.2 Å². The lowest BCUT2D eigenvalue weighted by molar-refractivity contribution is -0.141. The summed E-state index contributed by atoms with van der Waals surface area (Å²) < 4.78 is 38.0. The van der Waals surface area contributed by atoms with Crippen LogP contribution in [0.4, 0.5) is 19.1 Å². The van der Waals surface area contributed by atoms with E-state index in [0.29, 0.717) is 18.5 Å². The summed E-state index contributed by atoms with van der Waals surface area (Å²) >= 11 is 0. The zero-order valence-electron chi connectivity index (χ0n) is 15.3. The highest BCUT2D eigenvalue weighted by Gasteiger charge is 2.41. The molecule has 1 spiro atoms. The van der Waals surface area contributed by atoms with Crippen LogP contribution in [0, 0.1) is 5.41 Å². The molecule has 0 amide bonds. The van der Waals surface area contributed by atoms with E-state index in [2.05, 4.69) is 30.5 Å². The number of aliphatic imine (C=N–C) groups is 1. The summed E-state index contributed by atoms with van der Waals surface area (Å²) in [6, 6.07) is 0.859. The van der Waals surface area contributed by atoms with Gasteiger partial charge in [-0.25, -0.2) is 9.97 Å². The number of nitrogens with zero attached hydrogens (tertiary/aromatic N) is 4. The molecule has 1 aliphatic carbocycles. The van der Waals surface area contributed by atoms with Gasteiger partial charge in [-0.3, -0.25) is 4.99 Å². The van der Waals surface area contributed by atoms with Gasteiger partial charge in [0.15, 0.2) is 5.96 Å². The highest BCUT2D eigenvalue weighted by atomic mass is 127. The molecular formula is C17H26F3IN6. The van der Waals surface area contributed by atoms with E-state index in [1.54, 1.807) is 7.05 Å². The monoisotopic (exact) mass is 498 g/mol. The number of likely N-dealkylation sites (tertiary alicyclic amines) is 1. The van der Waals surface area contributed by atoms with Crippen molar-refractivity contribution in [3.8, 4) is 0 Å². The lowest BCUT2D eigenvalue weighted by atomic mass is 9.86. The van der Waals surface area contributed by atoms with E-state index in [4.69, 9.17) is 0 Å². The molecule has 0 aromatic carbocycles. The molecule has 0 atom stereocenters. The van der Waals surface area contributed by atoms with Crippen LogP contribution in [0.15, 0.2) is 17.3 Å². The summed E-state index contributed by atoms with van der Waals surface area (Å²) in [6.45, 7) is 2.97. The first-order valence-corrected chi connectivity index (χ1v) is 9.02. The Labute approximate surface area is 174 Å². The standard InChI is InChI=1S/C17H25F3N6.HI/c1-21-15(26-11-7-16(12-26)5-2-3-6-16)24-10-9-23-14-22-8-4-13(25-14)17(18,19)20;/h4,8H,2-3,5-7,9-12H2,1H3,(H,21,24)(H,22,23,25);1H.